The fraction of sp³-hybridized carbons (Fsp3) is 0.400. The van der Waals surface area contributed by atoms with E-state index in [0.29, 0.717) is 5.92 Å². The molecule has 2 N–H and O–H groups in total. The highest BCUT2D eigenvalue weighted by Crippen LogP contribution is 2.31. The van der Waals surface area contributed by atoms with E-state index < -0.39 is 0 Å². The first kappa shape index (κ1) is 15.8. The molecule has 2 rings (SSSR count). The van der Waals surface area contributed by atoms with Crippen molar-refractivity contribution in [1.29, 1.82) is 0 Å². The third kappa shape index (κ3) is 3.54. The standard InChI is InChI=1S/C20H27N/c1-5-20(3,4)18-13-11-17(12-14-18)19(21)15(2)16-9-7-6-8-10-16/h6-15,19H,5,21H2,1-4H3. The summed E-state index contributed by atoms with van der Waals surface area (Å²) in [6.45, 7) is 9.00. The van der Waals surface area contributed by atoms with Crippen LogP contribution in [-0.4, -0.2) is 0 Å². The molecule has 0 heterocycles. The van der Waals surface area contributed by atoms with Crippen LogP contribution in [0.2, 0.25) is 0 Å². The predicted octanol–water partition coefficient (Wildman–Crippen LogP) is 5.18. The molecular weight excluding hydrogens is 254 g/mol. The van der Waals surface area contributed by atoms with Gasteiger partial charge in [0.15, 0.2) is 0 Å². The average Bonchev–Trinajstić information content (AvgIpc) is 2.54. The predicted molar refractivity (Wildman–Crippen MR) is 91.5 cm³/mol. The summed E-state index contributed by atoms with van der Waals surface area (Å²) in [4.78, 5) is 0. The van der Waals surface area contributed by atoms with Gasteiger partial charge in [0, 0.05) is 12.0 Å². The van der Waals surface area contributed by atoms with Crippen LogP contribution in [-0.2, 0) is 5.41 Å². The lowest BCUT2D eigenvalue weighted by Crippen LogP contribution is -2.19. The molecule has 2 aromatic carbocycles. The summed E-state index contributed by atoms with van der Waals surface area (Å²) >= 11 is 0. The molecule has 0 saturated heterocycles. The van der Waals surface area contributed by atoms with Gasteiger partial charge in [-0.15, -0.1) is 0 Å². The van der Waals surface area contributed by atoms with Crippen LogP contribution < -0.4 is 5.73 Å². The zero-order chi connectivity index (χ0) is 15.5. The highest BCUT2D eigenvalue weighted by molar-refractivity contribution is 5.32. The first-order chi connectivity index (χ1) is 9.95. The fourth-order valence-electron chi connectivity index (χ4n) is 2.61. The van der Waals surface area contributed by atoms with E-state index in [4.69, 9.17) is 5.73 Å². The molecule has 21 heavy (non-hydrogen) atoms. The lowest BCUT2D eigenvalue weighted by atomic mass is 9.81. The Hall–Kier alpha value is -1.60. The minimum atomic E-state index is 0.0335. The van der Waals surface area contributed by atoms with Gasteiger partial charge in [-0.05, 0) is 28.5 Å². The molecule has 0 aromatic heterocycles. The number of benzene rings is 2. The Morgan fingerprint density at radius 1 is 0.905 bits per heavy atom. The van der Waals surface area contributed by atoms with Gasteiger partial charge in [-0.25, -0.2) is 0 Å². The largest absolute Gasteiger partial charge is 0.323 e. The number of hydrogen-bond acceptors (Lipinski definition) is 1. The smallest absolute Gasteiger partial charge is 0.0361 e. The number of hydrogen-bond donors (Lipinski definition) is 1. The molecule has 0 amide bonds. The van der Waals surface area contributed by atoms with Gasteiger partial charge in [0.1, 0.15) is 0 Å². The monoisotopic (exact) mass is 281 g/mol. The van der Waals surface area contributed by atoms with Gasteiger partial charge in [0.05, 0.1) is 0 Å². The Morgan fingerprint density at radius 3 is 2.00 bits per heavy atom. The van der Waals surface area contributed by atoms with E-state index in [9.17, 15) is 0 Å². The van der Waals surface area contributed by atoms with E-state index in [1.165, 1.54) is 16.7 Å². The first-order valence-electron chi connectivity index (χ1n) is 7.86. The van der Waals surface area contributed by atoms with Crippen molar-refractivity contribution in [2.24, 2.45) is 5.73 Å². The average molecular weight is 281 g/mol. The maximum atomic E-state index is 6.46. The van der Waals surface area contributed by atoms with Crippen LogP contribution in [0.4, 0.5) is 0 Å². The molecule has 0 aliphatic rings. The summed E-state index contributed by atoms with van der Waals surface area (Å²) in [6.07, 6.45) is 1.14. The molecular formula is C20H27N. The number of rotatable bonds is 5. The second-order valence-electron chi connectivity index (χ2n) is 6.58. The molecule has 0 aliphatic carbocycles. The van der Waals surface area contributed by atoms with Crippen LogP contribution in [0.25, 0.3) is 0 Å². The van der Waals surface area contributed by atoms with Gasteiger partial charge < -0.3 is 5.73 Å². The topological polar surface area (TPSA) is 26.0 Å². The van der Waals surface area contributed by atoms with Crippen molar-refractivity contribution in [3.63, 3.8) is 0 Å². The molecule has 112 valence electrons. The third-order valence-electron chi connectivity index (χ3n) is 4.82. The van der Waals surface area contributed by atoms with Gasteiger partial charge in [0.2, 0.25) is 0 Å². The molecule has 1 heteroatoms. The SMILES string of the molecule is CCC(C)(C)c1ccc(C(N)C(C)c2ccccc2)cc1. The molecule has 0 saturated carbocycles. The Kier molecular flexibility index (Phi) is 4.84. The van der Waals surface area contributed by atoms with Crippen LogP contribution in [0.3, 0.4) is 0 Å². The summed E-state index contributed by atoms with van der Waals surface area (Å²) in [6, 6.07) is 19.4. The van der Waals surface area contributed by atoms with E-state index in [0.717, 1.165) is 6.42 Å². The van der Waals surface area contributed by atoms with E-state index in [1.54, 1.807) is 0 Å². The lowest BCUT2D eigenvalue weighted by Gasteiger charge is -2.25. The number of nitrogens with two attached hydrogens (primary N) is 1. The molecule has 2 unspecified atom stereocenters. The second kappa shape index (κ2) is 6.44. The minimum absolute atomic E-state index is 0.0335. The quantitative estimate of drug-likeness (QED) is 0.803. The van der Waals surface area contributed by atoms with E-state index in [2.05, 4.69) is 76.2 Å². The van der Waals surface area contributed by atoms with Crippen molar-refractivity contribution in [2.45, 2.75) is 51.5 Å². The Bertz CT molecular complexity index is 554. The summed E-state index contributed by atoms with van der Waals surface area (Å²) in [5.74, 6) is 0.316. The van der Waals surface area contributed by atoms with Crippen molar-refractivity contribution < 1.29 is 0 Å². The van der Waals surface area contributed by atoms with Crippen LogP contribution in [0, 0.1) is 0 Å². The highest BCUT2D eigenvalue weighted by Gasteiger charge is 2.20. The maximum absolute atomic E-state index is 6.46. The van der Waals surface area contributed by atoms with E-state index in [-0.39, 0.29) is 11.5 Å². The summed E-state index contributed by atoms with van der Waals surface area (Å²) in [5.41, 5.74) is 10.6. The molecule has 2 aromatic rings. The van der Waals surface area contributed by atoms with Gasteiger partial charge in [-0.2, -0.15) is 0 Å². The molecule has 0 aliphatic heterocycles. The molecule has 0 fully saturated rings. The molecule has 0 radical (unpaired) electrons. The summed E-state index contributed by atoms with van der Waals surface area (Å²) < 4.78 is 0. The van der Waals surface area contributed by atoms with E-state index in [1.807, 2.05) is 6.07 Å². The third-order valence-corrected chi connectivity index (χ3v) is 4.82. The Morgan fingerprint density at radius 2 is 1.48 bits per heavy atom. The Balaban J connectivity index is 2.19. The van der Waals surface area contributed by atoms with E-state index >= 15 is 0 Å². The van der Waals surface area contributed by atoms with Gasteiger partial charge in [0.25, 0.3) is 0 Å². The Labute approximate surface area is 129 Å². The zero-order valence-electron chi connectivity index (χ0n) is 13.6. The second-order valence-corrected chi connectivity index (χ2v) is 6.58. The molecule has 1 nitrogen and oxygen atoms in total. The van der Waals surface area contributed by atoms with Crippen molar-refractivity contribution in [2.75, 3.05) is 0 Å². The normalized spacial score (nSPS) is 14.7. The first-order valence-corrected chi connectivity index (χ1v) is 7.86. The molecule has 0 bridgehead atoms. The van der Waals surface area contributed by atoms with Crippen LogP contribution in [0.15, 0.2) is 54.6 Å². The van der Waals surface area contributed by atoms with Gasteiger partial charge >= 0.3 is 0 Å². The fourth-order valence-corrected chi connectivity index (χ4v) is 2.61. The van der Waals surface area contributed by atoms with Crippen LogP contribution in [0.1, 0.15) is 62.8 Å². The van der Waals surface area contributed by atoms with Crippen molar-refractivity contribution in [1.82, 2.24) is 0 Å². The minimum Gasteiger partial charge on any atom is -0.323 e. The van der Waals surface area contributed by atoms with Crippen LogP contribution >= 0.6 is 0 Å². The van der Waals surface area contributed by atoms with Crippen molar-refractivity contribution in [3.05, 3.63) is 71.3 Å². The summed E-state index contributed by atoms with van der Waals surface area (Å²) in [7, 11) is 0. The zero-order valence-corrected chi connectivity index (χ0v) is 13.6. The van der Waals surface area contributed by atoms with Crippen molar-refractivity contribution >= 4 is 0 Å². The molecule has 2 atom stereocenters. The van der Waals surface area contributed by atoms with Gasteiger partial charge in [-0.1, -0.05) is 82.3 Å². The van der Waals surface area contributed by atoms with Crippen molar-refractivity contribution in [3.8, 4) is 0 Å². The highest BCUT2D eigenvalue weighted by atomic mass is 14.6. The van der Waals surface area contributed by atoms with Crippen LogP contribution in [0.5, 0.6) is 0 Å². The van der Waals surface area contributed by atoms with Gasteiger partial charge in [-0.3, -0.25) is 0 Å². The maximum Gasteiger partial charge on any atom is 0.0361 e. The molecule has 0 spiro atoms. The lowest BCUT2D eigenvalue weighted by molar-refractivity contribution is 0.505. The summed E-state index contributed by atoms with van der Waals surface area (Å²) in [5, 5.41) is 0.